The van der Waals surface area contributed by atoms with Crippen molar-refractivity contribution in [1.82, 2.24) is 0 Å². The zero-order valence-electron chi connectivity index (χ0n) is 20.4. The number of rotatable bonds is 4. The minimum atomic E-state index is -0.614. The van der Waals surface area contributed by atoms with Gasteiger partial charge in [-0.2, -0.15) is 0 Å². The molecule has 7 nitrogen and oxygen atoms in total. The number of amides is 3. The number of fused-ring (bicyclic) bond motifs is 1. The van der Waals surface area contributed by atoms with Crippen molar-refractivity contribution in [2.75, 3.05) is 16.3 Å². The number of hydrogen-bond donors (Lipinski definition) is 0. The standard InChI is InChI=1S/C28H27ClN2O5/c1-15-7-8-19(13-22(15)29)30-14-18(12-24(30)32)28(35)36-20-9-10-23(17(3)11-20)31-26(33)21-6-4-5-16(2)25(21)27(31)34/h4-5,7-11,13,16,18,21,25H,6,12,14H2,1-3H3/t16-,18-,21-,25+/m1/s1. The number of halogens is 1. The molecule has 2 fully saturated rings. The second-order valence-electron chi connectivity index (χ2n) is 9.88. The van der Waals surface area contributed by atoms with Crippen LogP contribution < -0.4 is 14.5 Å². The van der Waals surface area contributed by atoms with E-state index in [0.717, 1.165) is 5.56 Å². The molecule has 0 radical (unpaired) electrons. The maximum absolute atomic E-state index is 13.1. The van der Waals surface area contributed by atoms with Crippen molar-refractivity contribution in [3.63, 3.8) is 0 Å². The number of allylic oxidation sites excluding steroid dienone is 2. The first kappa shape index (κ1) is 24.3. The molecule has 3 aliphatic rings. The molecule has 36 heavy (non-hydrogen) atoms. The molecule has 0 bridgehead atoms. The lowest BCUT2D eigenvalue weighted by atomic mass is 9.78. The minimum absolute atomic E-state index is 0.00959. The Labute approximate surface area is 214 Å². The lowest BCUT2D eigenvalue weighted by molar-refractivity contribution is -0.139. The van der Waals surface area contributed by atoms with E-state index in [1.807, 2.05) is 38.1 Å². The molecule has 5 rings (SSSR count). The van der Waals surface area contributed by atoms with Crippen LogP contribution >= 0.6 is 11.6 Å². The van der Waals surface area contributed by atoms with Crippen molar-refractivity contribution in [3.8, 4) is 5.75 Å². The third-order valence-electron chi connectivity index (χ3n) is 7.43. The molecule has 2 heterocycles. The van der Waals surface area contributed by atoms with Crippen LogP contribution in [0.3, 0.4) is 0 Å². The van der Waals surface area contributed by atoms with Gasteiger partial charge in [0.15, 0.2) is 0 Å². The highest BCUT2D eigenvalue weighted by Crippen LogP contribution is 2.41. The summed E-state index contributed by atoms with van der Waals surface area (Å²) in [6.45, 7) is 5.82. The van der Waals surface area contributed by atoms with Crippen LogP contribution in [-0.2, 0) is 19.2 Å². The van der Waals surface area contributed by atoms with Gasteiger partial charge in [0.25, 0.3) is 0 Å². The summed E-state index contributed by atoms with van der Waals surface area (Å²) in [7, 11) is 0. The summed E-state index contributed by atoms with van der Waals surface area (Å²) in [6, 6.07) is 10.2. The first-order chi connectivity index (χ1) is 17.2. The minimum Gasteiger partial charge on any atom is -0.426 e. The van der Waals surface area contributed by atoms with Gasteiger partial charge in [0, 0.05) is 23.7 Å². The Balaban J connectivity index is 1.29. The summed E-state index contributed by atoms with van der Waals surface area (Å²) in [4.78, 5) is 54.4. The predicted octanol–water partition coefficient (Wildman–Crippen LogP) is 4.62. The molecule has 1 aliphatic carbocycles. The van der Waals surface area contributed by atoms with Crippen LogP contribution in [0.5, 0.6) is 5.75 Å². The first-order valence-electron chi connectivity index (χ1n) is 12.1. The third-order valence-corrected chi connectivity index (χ3v) is 7.83. The number of carbonyl (C=O) groups excluding carboxylic acids is 4. The number of esters is 1. The van der Waals surface area contributed by atoms with E-state index < -0.39 is 11.9 Å². The topological polar surface area (TPSA) is 84.0 Å². The van der Waals surface area contributed by atoms with Gasteiger partial charge < -0.3 is 9.64 Å². The van der Waals surface area contributed by atoms with Crippen molar-refractivity contribution >= 4 is 46.7 Å². The van der Waals surface area contributed by atoms with E-state index in [2.05, 4.69) is 0 Å². The zero-order chi connectivity index (χ0) is 25.7. The highest BCUT2D eigenvalue weighted by molar-refractivity contribution is 6.31. The quantitative estimate of drug-likeness (QED) is 0.261. The van der Waals surface area contributed by atoms with Gasteiger partial charge in [-0.25, -0.2) is 4.90 Å². The first-order valence-corrected chi connectivity index (χ1v) is 12.5. The molecule has 2 aliphatic heterocycles. The molecule has 2 aromatic rings. The van der Waals surface area contributed by atoms with E-state index in [0.29, 0.717) is 34.1 Å². The number of imide groups is 1. The van der Waals surface area contributed by atoms with Gasteiger partial charge in [-0.3, -0.25) is 19.2 Å². The number of nitrogens with zero attached hydrogens (tertiary/aromatic N) is 2. The van der Waals surface area contributed by atoms with Crippen LogP contribution in [0.15, 0.2) is 48.6 Å². The number of carbonyl (C=O) groups is 4. The lowest BCUT2D eigenvalue weighted by Gasteiger charge is -2.22. The number of aryl methyl sites for hydroxylation is 2. The van der Waals surface area contributed by atoms with Crippen molar-refractivity contribution in [2.24, 2.45) is 23.7 Å². The second-order valence-corrected chi connectivity index (χ2v) is 10.3. The Kier molecular flexibility index (Phi) is 6.20. The summed E-state index contributed by atoms with van der Waals surface area (Å²) in [5.74, 6) is -2.02. The Morgan fingerprint density at radius 1 is 1.03 bits per heavy atom. The molecule has 2 aromatic carbocycles. The molecule has 186 valence electrons. The molecule has 3 amide bonds. The predicted molar refractivity (Wildman–Crippen MR) is 136 cm³/mol. The van der Waals surface area contributed by atoms with E-state index in [1.165, 1.54) is 4.90 Å². The van der Waals surface area contributed by atoms with Crippen LogP contribution in [0, 0.1) is 37.5 Å². The van der Waals surface area contributed by atoms with E-state index in [-0.39, 0.29) is 48.4 Å². The van der Waals surface area contributed by atoms with Crippen LogP contribution in [0.2, 0.25) is 5.02 Å². The van der Waals surface area contributed by atoms with Crippen molar-refractivity contribution < 1.29 is 23.9 Å². The molecular formula is C28H27ClN2O5. The van der Waals surface area contributed by atoms with E-state index in [9.17, 15) is 19.2 Å². The molecule has 4 atom stereocenters. The highest BCUT2D eigenvalue weighted by Gasteiger charge is 2.50. The molecule has 0 N–H and O–H groups in total. The molecule has 0 unspecified atom stereocenters. The van der Waals surface area contributed by atoms with E-state index in [4.69, 9.17) is 16.3 Å². The Morgan fingerprint density at radius 2 is 1.81 bits per heavy atom. The zero-order valence-corrected chi connectivity index (χ0v) is 21.1. The fourth-order valence-corrected chi connectivity index (χ4v) is 5.57. The van der Waals surface area contributed by atoms with Crippen molar-refractivity contribution in [3.05, 3.63) is 64.7 Å². The summed E-state index contributed by atoms with van der Waals surface area (Å²) in [5, 5.41) is 0.557. The van der Waals surface area contributed by atoms with Gasteiger partial charge in [0.1, 0.15) is 5.75 Å². The van der Waals surface area contributed by atoms with Crippen molar-refractivity contribution in [1.29, 1.82) is 0 Å². The van der Waals surface area contributed by atoms with Crippen LogP contribution in [-0.4, -0.2) is 30.2 Å². The lowest BCUT2D eigenvalue weighted by Crippen LogP contribution is -2.32. The molecule has 0 spiro atoms. The molecule has 0 aromatic heterocycles. The number of ether oxygens (including phenoxy) is 1. The summed E-state index contributed by atoms with van der Waals surface area (Å²) < 4.78 is 5.60. The van der Waals surface area contributed by atoms with Gasteiger partial charge in [0.2, 0.25) is 17.7 Å². The molecule has 2 saturated heterocycles. The smallest absolute Gasteiger partial charge is 0.316 e. The molecule has 0 saturated carbocycles. The van der Waals surface area contributed by atoms with Gasteiger partial charge in [-0.05, 0) is 67.6 Å². The monoisotopic (exact) mass is 506 g/mol. The maximum Gasteiger partial charge on any atom is 0.316 e. The third kappa shape index (κ3) is 4.11. The fourth-order valence-electron chi connectivity index (χ4n) is 5.39. The normalized spacial score (nSPS) is 25.5. The largest absolute Gasteiger partial charge is 0.426 e. The summed E-state index contributed by atoms with van der Waals surface area (Å²) >= 11 is 6.20. The van der Waals surface area contributed by atoms with Gasteiger partial charge >= 0.3 is 5.97 Å². The van der Waals surface area contributed by atoms with Crippen LogP contribution in [0.1, 0.15) is 30.9 Å². The highest BCUT2D eigenvalue weighted by atomic mass is 35.5. The van der Waals surface area contributed by atoms with E-state index >= 15 is 0 Å². The fraction of sp³-hybridized carbons (Fsp3) is 0.357. The van der Waals surface area contributed by atoms with E-state index in [1.54, 1.807) is 36.1 Å². The van der Waals surface area contributed by atoms with Gasteiger partial charge in [0.05, 0.1) is 23.4 Å². The Morgan fingerprint density at radius 3 is 2.50 bits per heavy atom. The Bertz CT molecular complexity index is 1320. The average molecular weight is 507 g/mol. The number of hydrogen-bond acceptors (Lipinski definition) is 5. The Hall–Kier alpha value is -3.45. The number of anilines is 2. The van der Waals surface area contributed by atoms with Crippen LogP contribution in [0.4, 0.5) is 11.4 Å². The molecular weight excluding hydrogens is 480 g/mol. The SMILES string of the molecule is Cc1ccc(N2C[C@H](C(=O)Oc3ccc(N4C(=O)[C@H]5[C@H](C)C=CC[C@H]5C4=O)c(C)c3)CC2=O)cc1Cl. The summed E-state index contributed by atoms with van der Waals surface area (Å²) in [6.07, 6.45) is 4.58. The van der Waals surface area contributed by atoms with Crippen LogP contribution in [0.25, 0.3) is 0 Å². The maximum atomic E-state index is 13.1. The second kappa shape index (κ2) is 9.21. The van der Waals surface area contributed by atoms with Crippen molar-refractivity contribution in [2.45, 2.75) is 33.6 Å². The summed E-state index contributed by atoms with van der Waals surface area (Å²) in [5.41, 5.74) is 2.71. The number of benzene rings is 2. The average Bonchev–Trinajstić information content (AvgIpc) is 3.34. The van der Waals surface area contributed by atoms with Gasteiger partial charge in [-0.15, -0.1) is 0 Å². The molecule has 8 heteroatoms. The van der Waals surface area contributed by atoms with Gasteiger partial charge in [-0.1, -0.05) is 36.7 Å².